The first-order chi connectivity index (χ1) is 9.74. The van der Waals surface area contributed by atoms with Gasteiger partial charge in [-0.1, -0.05) is 35.5 Å². The Morgan fingerprint density at radius 3 is 2.80 bits per heavy atom. The topological polar surface area (TPSA) is 53.9 Å². The van der Waals surface area contributed by atoms with E-state index in [0.29, 0.717) is 19.6 Å². The van der Waals surface area contributed by atoms with Gasteiger partial charge in [0.1, 0.15) is 0 Å². The number of urea groups is 1. The summed E-state index contributed by atoms with van der Waals surface area (Å²) in [6, 6.07) is 9.94. The van der Waals surface area contributed by atoms with Gasteiger partial charge in [-0.25, -0.2) is 4.79 Å². The molecule has 1 aromatic rings. The lowest BCUT2D eigenvalue weighted by Gasteiger charge is -2.23. The SMILES string of the molecule is CCNC(=O)N(CC)C[C@H]1CC(c2ccccc2)=NO1. The van der Waals surface area contributed by atoms with Gasteiger partial charge >= 0.3 is 6.03 Å². The molecule has 1 N–H and O–H groups in total. The summed E-state index contributed by atoms with van der Waals surface area (Å²) in [5, 5.41) is 6.95. The largest absolute Gasteiger partial charge is 0.390 e. The van der Waals surface area contributed by atoms with Gasteiger partial charge in [0.05, 0.1) is 12.3 Å². The molecule has 2 amide bonds. The average Bonchev–Trinajstić information content (AvgIpc) is 2.94. The van der Waals surface area contributed by atoms with Crippen LogP contribution < -0.4 is 5.32 Å². The van der Waals surface area contributed by atoms with Crippen LogP contribution in [0.2, 0.25) is 0 Å². The molecule has 0 saturated carbocycles. The van der Waals surface area contributed by atoms with Crippen molar-refractivity contribution in [1.82, 2.24) is 10.2 Å². The van der Waals surface area contributed by atoms with Crippen molar-refractivity contribution in [3.63, 3.8) is 0 Å². The fraction of sp³-hybridized carbons (Fsp3) is 0.467. The van der Waals surface area contributed by atoms with Crippen molar-refractivity contribution in [3.8, 4) is 0 Å². The smallest absolute Gasteiger partial charge is 0.317 e. The minimum absolute atomic E-state index is 0.0493. The molecule has 2 rings (SSSR count). The van der Waals surface area contributed by atoms with Crippen molar-refractivity contribution in [2.45, 2.75) is 26.4 Å². The molecule has 0 fully saturated rings. The van der Waals surface area contributed by atoms with E-state index in [1.807, 2.05) is 44.2 Å². The average molecular weight is 275 g/mol. The zero-order valence-corrected chi connectivity index (χ0v) is 12.0. The standard InChI is InChI=1S/C15H21N3O2/c1-3-16-15(19)18(4-2)11-13-10-14(17-20-13)12-8-6-5-7-9-12/h5-9,13H,3-4,10-11H2,1-2H3,(H,16,19)/t13-/m1/s1. The normalized spacial score (nSPS) is 17.3. The van der Waals surface area contributed by atoms with Crippen LogP contribution in [0, 0.1) is 0 Å². The molecule has 1 aliphatic rings. The van der Waals surface area contributed by atoms with Crippen LogP contribution in [-0.2, 0) is 4.84 Å². The summed E-state index contributed by atoms with van der Waals surface area (Å²) in [6.07, 6.45) is 0.674. The van der Waals surface area contributed by atoms with E-state index < -0.39 is 0 Å². The number of carbonyl (C=O) groups is 1. The molecule has 20 heavy (non-hydrogen) atoms. The van der Waals surface area contributed by atoms with Crippen LogP contribution in [0.4, 0.5) is 4.79 Å². The molecule has 1 atom stereocenters. The van der Waals surface area contributed by atoms with Gasteiger partial charge in [0.2, 0.25) is 0 Å². The van der Waals surface area contributed by atoms with Crippen LogP contribution in [0.1, 0.15) is 25.8 Å². The lowest BCUT2D eigenvalue weighted by molar-refractivity contribution is 0.0617. The number of rotatable bonds is 5. The molecule has 0 unspecified atom stereocenters. The third-order valence-corrected chi connectivity index (χ3v) is 3.26. The lowest BCUT2D eigenvalue weighted by Crippen LogP contribution is -2.43. The Labute approximate surface area is 119 Å². The zero-order chi connectivity index (χ0) is 14.4. The third-order valence-electron chi connectivity index (χ3n) is 3.26. The van der Waals surface area contributed by atoms with E-state index in [2.05, 4.69) is 10.5 Å². The highest BCUT2D eigenvalue weighted by atomic mass is 16.6. The summed E-state index contributed by atoms with van der Waals surface area (Å²) >= 11 is 0. The number of nitrogens with zero attached hydrogens (tertiary/aromatic N) is 2. The van der Waals surface area contributed by atoms with Crippen LogP contribution >= 0.6 is 0 Å². The Kier molecular flexibility index (Phi) is 4.98. The fourth-order valence-electron chi connectivity index (χ4n) is 2.19. The van der Waals surface area contributed by atoms with E-state index in [0.717, 1.165) is 17.7 Å². The van der Waals surface area contributed by atoms with Crippen molar-refractivity contribution in [2.24, 2.45) is 5.16 Å². The molecular weight excluding hydrogens is 254 g/mol. The highest BCUT2D eigenvalue weighted by Crippen LogP contribution is 2.17. The highest BCUT2D eigenvalue weighted by molar-refractivity contribution is 6.01. The van der Waals surface area contributed by atoms with Gasteiger partial charge in [-0.05, 0) is 19.4 Å². The number of hydrogen-bond acceptors (Lipinski definition) is 3. The van der Waals surface area contributed by atoms with Gasteiger partial charge in [-0.2, -0.15) is 0 Å². The van der Waals surface area contributed by atoms with E-state index in [1.54, 1.807) is 4.90 Å². The van der Waals surface area contributed by atoms with Crippen molar-refractivity contribution in [3.05, 3.63) is 35.9 Å². The van der Waals surface area contributed by atoms with E-state index >= 15 is 0 Å². The number of amides is 2. The molecule has 0 spiro atoms. The van der Waals surface area contributed by atoms with E-state index in [1.165, 1.54) is 0 Å². The monoisotopic (exact) mass is 275 g/mol. The van der Waals surface area contributed by atoms with Crippen LogP contribution in [-0.4, -0.2) is 42.4 Å². The fourth-order valence-corrected chi connectivity index (χ4v) is 2.19. The number of benzene rings is 1. The minimum Gasteiger partial charge on any atom is -0.390 e. The molecule has 1 aliphatic heterocycles. The first-order valence-corrected chi connectivity index (χ1v) is 7.05. The molecule has 0 aliphatic carbocycles. The summed E-state index contributed by atoms with van der Waals surface area (Å²) in [6.45, 7) is 5.72. The summed E-state index contributed by atoms with van der Waals surface area (Å²) < 4.78 is 0. The predicted molar refractivity (Wildman–Crippen MR) is 78.8 cm³/mol. The van der Waals surface area contributed by atoms with Crippen LogP contribution in [0.3, 0.4) is 0 Å². The number of likely N-dealkylation sites (N-methyl/N-ethyl adjacent to an activating group) is 1. The Hall–Kier alpha value is -2.04. The highest BCUT2D eigenvalue weighted by Gasteiger charge is 2.25. The Balaban J connectivity index is 1.90. The number of hydrogen-bond donors (Lipinski definition) is 1. The third kappa shape index (κ3) is 3.50. The van der Waals surface area contributed by atoms with Crippen LogP contribution in [0.5, 0.6) is 0 Å². The van der Waals surface area contributed by atoms with Crippen LogP contribution in [0.15, 0.2) is 35.5 Å². The number of nitrogens with one attached hydrogen (secondary N) is 1. The Bertz CT molecular complexity index is 473. The maximum absolute atomic E-state index is 11.8. The molecule has 1 aromatic carbocycles. The quantitative estimate of drug-likeness (QED) is 0.896. The molecule has 5 heteroatoms. The summed E-state index contributed by atoms with van der Waals surface area (Å²) in [7, 11) is 0. The zero-order valence-electron chi connectivity index (χ0n) is 12.0. The first kappa shape index (κ1) is 14.4. The van der Waals surface area contributed by atoms with Gasteiger partial charge in [0.15, 0.2) is 6.10 Å². The van der Waals surface area contributed by atoms with Crippen molar-refractivity contribution in [1.29, 1.82) is 0 Å². The van der Waals surface area contributed by atoms with Crippen LogP contribution in [0.25, 0.3) is 0 Å². The minimum atomic E-state index is -0.0623. The van der Waals surface area contributed by atoms with Crippen molar-refractivity contribution < 1.29 is 9.63 Å². The second kappa shape index (κ2) is 6.93. The predicted octanol–water partition coefficient (Wildman–Crippen LogP) is 2.23. The molecular formula is C15H21N3O2. The molecule has 0 aromatic heterocycles. The molecule has 1 heterocycles. The molecule has 0 bridgehead atoms. The van der Waals surface area contributed by atoms with Gasteiger partial charge in [0.25, 0.3) is 0 Å². The molecule has 5 nitrogen and oxygen atoms in total. The van der Waals surface area contributed by atoms with Gasteiger partial charge < -0.3 is 15.1 Å². The van der Waals surface area contributed by atoms with Crippen molar-refractivity contribution >= 4 is 11.7 Å². The van der Waals surface area contributed by atoms with E-state index in [9.17, 15) is 4.79 Å². The second-order valence-corrected chi connectivity index (χ2v) is 4.71. The number of oxime groups is 1. The maximum Gasteiger partial charge on any atom is 0.317 e. The lowest BCUT2D eigenvalue weighted by atomic mass is 10.1. The van der Waals surface area contributed by atoms with Gasteiger partial charge in [-0.15, -0.1) is 0 Å². The second-order valence-electron chi connectivity index (χ2n) is 4.71. The number of carbonyl (C=O) groups excluding carboxylic acids is 1. The van der Waals surface area contributed by atoms with Gasteiger partial charge in [-0.3, -0.25) is 0 Å². The Morgan fingerprint density at radius 1 is 1.40 bits per heavy atom. The first-order valence-electron chi connectivity index (χ1n) is 7.05. The Morgan fingerprint density at radius 2 is 2.15 bits per heavy atom. The van der Waals surface area contributed by atoms with E-state index in [4.69, 9.17) is 4.84 Å². The summed E-state index contributed by atoms with van der Waals surface area (Å²) in [5.41, 5.74) is 2.03. The summed E-state index contributed by atoms with van der Waals surface area (Å²) in [5.74, 6) is 0. The van der Waals surface area contributed by atoms with Gasteiger partial charge in [0, 0.05) is 19.5 Å². The molecule has 108 valence electrons. The maximum atomic E-state index is 11.8. The van der Waals surface area contributed by atoms with E-state index in [-0.39, 0.29) is 12.1 Å². The van der Waals surface area contributed by atoms with Crippen molar-refractivity contribution in [2.75, 3.05) is 19.6 Å². The summed E-state index contributed by atoms with van der Waals surface area (Å²) in [4.78, 5) is 19.0. The molecule has 0 radical (unpaired) electrons. The molecule has 0 saturated heterocycles.